The van der Waals surface area contributed by atoms with Gasteiger partial charge in [0, 0.05) is 11.5 Å². The van der Waals surface area contributed by atoms with Gasteiger partial charge in [-0.15, -0.1) is 0 Å². The number of carbonyl (C=O) groups excluding carboxylic acids is 2. The first-order valence-electron chi connectivity index (χ1n) is 8.39. The Kier molecular flexibility index (Phi) is 5.78. The molecule has 3 rings (SSSR count). The average molecular weight is 412 g/mol. The van der Waals surface area contributed by atoms with Gasteiger partial charge in [-0.2, -0.15) is 0 Å². The van der Waals surface area contributed by atoms with Crippen LogP contribution in [-0.2, 0) is 21.6 Å². The molecule has 0 bridgehead atoms. The second-order valence-electron chi connectivity index (χ2n) is 6.61. The van der Waals surface area contributed by atoms with Crippen LogP contribution >= 0.6 is 11.6 Å². The summed E-state index contributed by atoms with van der Waals surface area (Å²) in [5, 5.41) is 3.90. The van der Waals surface area contributed by atoms with E-state index in [-0.39, 0.29) is 39.6 Å². The molecule has 1 aromatic heterocycles. The smallest absolute Gasteiger partial charge is 0.361 e. The Morgan fingerprint density at radius 2 is 2.11 bits per heavy atom. The maximum atomic E-state index is 13.1. The highest BCUT2D eigenvalue weighted by molar-refractivity contribution is 7.78. The van der Waals surface area contributed by atoms with Gasteiger partial charge in [0.25, 0.3) is 0 Å². The molecule has 9 heteroatoms. The number of hydrogen-bond donors (Lipinski definition) is 1. The highest BCUT2D eigenvalue weighted by atomic mass is 35.5. The van der Waals surface area contributed by atoms with E-state index in [9.17, 15) is 13.8 Å². The molecule has 1 aliphatic rings. The van der Waals surface area contributed by atoms with E-state index in [4.69, 9.17) is 25.4 Å². The molecule has 1 aromatic carbocycles. The van der Waals surface area contributed by atoms with Gasteiger partial charge in [0.15, 0.2) is 16.8 Å². The number of ether oxygens (including phenoxy) is 1. The zero-order chi connectivity index (χ0) is 19.7. The van der Waals surface area contributed by atoms with Crippen LogP contribution in [0.3, 0.4) is 0 Å². The number of carbonyl (C=O) groups is 2. The van der Waals surface area contributed by atoms with E-state index >= 15 is 0 Å². The Morgan fingerprint density at radius 3 is 2.67 bits per heavy atom. The van der Waals surface area contributed by atoms with Crippen molar-refractivity contribution in [1.82, 2.24) is 5.16 Å². The number of benzene rings is 1. The van der Waals surface area contributed by atoms with E-state index in [0.717, 1.165) is 12.8 Å². The zero-order valence-corrected chi connectivity index (χ0v) is 16.3. The molecule has 1 atom stereocenters. The summed E-state index contributed by atoms with van der Waals surface area (Å²) in [6.45, 7) is 3.39. The number of rotatable bonds is 7. The fourth-order valence-electron chi connectivity index (χ4n) is 2.67. The maximum absolute atomic E-state index is 13.1. The van der Waals surface area contributed by atoms with Crippen molar-refractivity contribution in [2.45, 2.75) is 44.5 Å². The van der Waals surface area contributed by atoms with Gasteiger partial charge in [-0.3, -0.25) is 4.79 Å². The Hall–Kier alpha value is -2.03. The molecule has 1 saturated carbocycles. The summed E-state index contributed by atoms with van der Waals surface area (Å²) in [5.74, 6) is -0.900. The summed E-state index contributed by atoms with van der Waals surface area (Å²) in [6.07, 6.45) is 1.33. The Morgan fingerprint density at radius 1 is 1.41 bits per heavy atom. The van der Waals surface area contributed by atoms with Crippen LogP contribution in [0.15, 0.2) is 22.7 Å². The molecule has 0 radical (unpaired) electrons. The first-order chi connectivity index (χ1) is 12.8. The van der Waals surface area contributed by atoms with E-state index in [2.05, 4.69) is 5.16 Å². The highest BCUT2D eigenvalue weighted by Crippen LogP contribution is 2.43. The maximum Gasteiger partial charge on any atom is 0.361 e. The first kappa shape index (κ1) is 19.7. The largest absolute Gasteiger partial charge is 0.458 e. The molecule has 0 saturated heterocycles. The molecule has 1 N–H and O–H groups in total. The van der Waals surface area contributed by atoms with Crippen LogP contribution in [0, 0.1) is 0 Å². The lowest BCUT2D eigenvalue weighted by atomic mass is 9.98. The number of hydrogen-bond acceptors (Lipinski definition) is 6. The van der Waals surface area contributed by atoms with Crippen LogP contribution in [0.5, 0.6) is 0 Å². The summed E-state index contributed by atoms with van der Waals surface area (Å²) in [7, 11) is 0. The van der Waals surface area contributed by atoms with Crippen molar-refractivity contribution in [1.29, 1.82) is 0 Å². The summed E-state index contributed by atoms with van der Waals surface area (Å²) < 4.78 is 30.4. The monoisotopic (exact) mass is 411 g/mol. The second kappa shape index (κ2) is 7.92. The minimum absolute atomic E-state index is 0.0481. The number of esters is 1. The second-order valence-corrected chi connectivity index (χ2v) is 7.95. The Balaban J connectivity index is 1.99. The average Bonchev–Trinajstić information content (AvgIpc) is 3.31. The SMILES string of the molecule is CC(C)OC(=O)c1noc(C2CC2)c1C(=O)c1ccc(CS(=O)O)cc1Cl. The third-order valence-electron chi connectivity index (χ3n) is 4.00. The van der Waals surface area contributed by atoms with E-state index < -0.39 is 22.8 Å². The molecular formula is C18H18ClNO6S. The van der Waals surface area contributed by atoms with Gasteiger partial charge >= 0.3 is 5.97 Å². The molecule has 0 amide bonds. The van der Waals surface area contributed by atoms with Crippen molar-refractivity contribution < 1.29 is 27.6 Å². The topological polar surface area (TPSA) is 107 Å². The number of aromatic nitrogens is 1. The lowest BCUT2D eigenvalue weighted by Crippen LogP contribution is -2.16. The molecule has 7 nitrogen and oxygen atoms in total. The summed E-state index contributed by atoms with van der Waals surface area (Å²) in [4.78, 5) is 25.5. The van der Waals surface area contributed by atoms with Crippen molar-refractivity contribution in [2.24, 2.45) is 0 Å². The van der Waals surface area contributed by atoms with Crippen LogP contribution in [0.4, 0.5) is 0 Å². The number of halogens is 1. The van der Waals surface area contributed by atoms with Crippen molar-refractivity contribution in [2.75, 3.05) is 0 Å². The normalized spacial score (nSPS) is 15.0. The molecule has 1 aliphatic carbocycles. The van der Waals surface area contributed by atoms with Gasteiger partial charge < -0.3 is 13.8 Å². The standard InChI is InChI=1S/C18H18ClNO6S/c1-9(2)25-18(22)15-14(17(26-20-15)11-4-5-11)16(21)12-6-3-10(7-13(12)19)8-27(23)24/h3,6-7,9,11H,4-5,8H2,1-2H3,(H,23,24). The molecule has 0 spiro atoms. The minimum atomic E-state index is -2.02. The van der Waals surface area contributed by atoms with Crippen molar-refractivity contribution in [3.63, 3.8) is 0 Å². The van der Waals surface area contributed by atoms with E-state index in [1.165, 1.54) is 12.1 Å². The Bertz CT molecular complexity index is 919. The predicted molar refractivity (Wildman–Crippen MR) is 98.4 cm³/mol. The third-order valence-corrected chi connectivity index (χ3v) is 4.89. The lowest BCUT2D eigenvalue weighted by molar-refractivity contribution is 0.0364. The van der Waals surface area contributed by atoms with E-state index in [0.29, 0.717) is 11.3 Å². The van der Waals surface area contributed by atoms with Crippen LogP contribution in [-0.4, -0.2) is 31.8 Å². The summed E-state index contributed by atoms with van der Waals surface area (Å²) in [6, 6.07) is 4.47. The number of nitrogens with zero attached hydrogens (tertiary/aromatic N) is 1. The van der Waals surface area contributed by atoms with Gasteiger partial charge in [0.05, 0.1) is 16.9 Å². The molecule has 1 fully saturated rings. The lowest BCUT2D eigenvalue weighted by Gasteiger charge is -2.09. The van der Waals surface area contributed by atoms with Crippen molar-refractivity contribution in [3.8, 4) is 0 Å². The minimum Gasteiger partial charge on any atom is -0.458 e. The predicted octanol–water partition coefficient (Wildman–Crippen LogP) is 3.72. The highest BCUT2D eigenvalue weighted by Gasteiger charge is 2.38. The zero-order valence-electron chi connectivity index (χ0n) is 14.7. The van der Waals surface area contributed by atoms with Crippen molar-refractivity contribution in [3.05, 3.63) is 51.4 Å². The summed E-state index contributed by atoms with van der Waals surface area (Å²) >= 11 is 4.20. The molecule has 144 valence electrons. The molecule has 0 aliphatic heterocycles. The molecule has 1 unspecified atom stereocenters. The van der Waals surface area contributed by atoms with Gasteiger partial charge in [-0.1, -0.05) is 22.8 Å². The van der Waals surface area contributed by atoms with E-state index in [1.807, 2.05) is 0 Å². The Labute approximate surface area is 163 Å². The summed E-state index contributed by atoms with van der Waals surface area (Å²) in [5.41, 5.74) is 0.591. The van der Waals surface area contributed by atoms with Gasteiger partial charge in [-0.05, 0) is 44.4 Å². The van der Waals surface area contributed by atoms with Crippen LogP contribution in [0.2, 0.25) is 5.02 Å². The van der Waals surface area contributed by atoms with Crippen molar-refractivity contribution >= 4 is 34.4 Å². The molecule has 2 aromatic rings. The van der Waals surface area contributed by atoms with Crippen LogP contribution in [0.1, 0.15) is 70.3 Å². The number of ketones is 1. The van der Waals surface area contributed by atoms with E-state index in [1.54, 1.807) is 19.9 Å². The van der Waals surface area contributed by atoms with Gasteiger partial charge in [0.1, 0.15) is 5.56 Å². The molecule has 27 heavy (non-hydrogen) atoms. The first-order valence-corrected chi connectivity index (χ1v) is 10.0. The molecular weight excluding hydrogens is 394 g/mol. The van der Waals surface area contributed by atoms with Gasteiger partial charge in [0.2, 0.25) is 11.5 Å². The fourth-order valence-corrected chi connectivity index (χ4v) is 3.42. The quantitative estimate of drug-likeness (QED) is 0.420. The fraction of sp³-hybridized carbons (Fsp3) is 0.389. The van der Waals surface area contributed by atoms with Crippen LogP contribution < -0.4 is 0 Å². The van der Waals surface area contributed by atoms with Crippen LogP contribution in [0.25, 0.3) is 0 Å². The van der Waals surface area contributed by atoms with Gasteiger partial charge in [-0.25, -0.2) is 9.00 Å². The molecule has 1 heterocycles. The third kappa shape index (κ3) is 4.45.